The van der Waals surface area contributed by atoms with Crippen LogP contribution >= 0.6 is 11.8 Å². The summed E-state index contributed by atoms with van der Waals surface area (Å²) in [5.74, 6) is -0.0897. The quantitative estimate of drug-likeness (QED) is 0.665. The normalized spacial score (nSPS) is 23.0. The molecule has 1 saturated heterocycles. The maximum Gasteiger partial charge on any atom is 0.323 e. The van der Waals surface area contributed by atoms with Gasteiger partial charge in [-0.1, -0.05) is 0 Å². The number of esters is 1. The van der Waals surface area contributed by atoms with E-state index in [-0.39, 0.29) is 16.8 Å². The van der Waals surface area contributed by atoms with Crippen LogP contribution in [-0.4, -0.2) is 48.1 Å². The number of hydrogen-bond acceptors (Lipinski definition) is 4. The van der Waals surface area contributed by atoms with E-state index >= 15 is 0 Å². The lowest BCUT2D eigenvalue weighted by Crippen LogP contribution is -2.56. The van der Waals surface area contributed by atoms with Gasteiger partial charge in [0, 0.05) is 17.8 Å². The minimum atomic E-state index is -0.0897. The van der Waals surface area contributed by atoms with E-state index < -0.39 is 0 Å². The molecular weight excluding hydrogens is 198 g/mol. The highest BCUT2D eigenvalue weighted by molar-refractivity contribution is 7.99. The highest BCUT2D eigenvalue weighted by Crippen LogP contribution is 2.27. The number of rotatable bonds is 4. The Bertz CT molecular complexity index is 218. The van der Waals surface area contributed by atoms with Crippen LogP contribution in [0.2, 0.25) is 0 Å². The molecule has 0 saturated carbocycles. The molecule has 1 aliphatic heterocycles. The lowest BCUT2D eigenvalue weighted by atomic mass is 10.0. The maximum atomic E-state index is 11.3. The van der Waals surface area contributed by atoms with E-state index in [9.17, 15) is 4.79 Å². The Labute approximate surface area is 90.2 Å². The summed E-state index contributed by atoms with van der Waals surface area (Å²) in [5.41, 5.74) is 0. The first-order chi connectivity index (χ1) is 6.50. The summed E-state index contributed by atoms with van der Waals surface area (Å²) in [4.78, 5) is 13.5. The van der Waals surface area contributed by atoms with E-state index in [4.69, 9.17) is 4.74 Å². The predicted molar refractivity (Wildman–Crippen MR) is 59.6 cm³/mol. The van der Waals surface area contributed by atoms with Crippen molar-refractivity contribution in [2.75, 3.05) is 26.5 Å². The Morgan fingerprint density at radius 3 is 2.64 bits per heavy atom. The molecule has 1 aliphatic rings. The van der Waals surface area contributed by atoms with Gasteiger partial charge in [-0.05, 0) is 26.5 Å². The molecule has 1 unspecified atom stereocenters. The van der Waals surface area contributed by atoms with Crippen LogP contribution in [-0.2, 0) is 9.53 Å². The second-order valence-corrected chi connectivity index (χ2v) is 5.78. The van der Waals surface area contributed by atoms with Gasteiger partial charge < -0.3 is 4.74 Å². The molecule has 1 heterocycles. The van der Waals surface area contributed by atoms with Crippen LogP contribution < -0.4 is 0 Å². The molecule has 0 bridgehead atoms. The molecule has 0 aromatic carbocycles. The fourth-order valence-electron chi connectivity index (χ4n) is 1.59. The average Bonchev–Trinajstić information content (AvgIpc) is 2.12. The molecule has 1 rings (SSSR count). The zero-order chi connectivity index (χ0) is 10.8. The summed E-state index contributed by atoms with van der Waals surface area (Å²) < 4.78 is 4.96. The van der Waals surface area contributed by atoms with Gasteiger partial charge in [-0.3, -0.25) is 9.69 Å². The number of thioether (sulfide) groups is 1. The third-order valence-corrected chi connectivity index (χ3v) is 3.97. The summed E-state index contributed by atoms with van der Waals surface area (Å²) in [6, 6.07) is 0.00595. The minimum Gasteiger partial charge on any atom is -0.468 e. The van der Waals surface area contributed by atoms with Gasteiger partial charge in [0.1, 0.15) is 6.04 Å². The van der Waals surface area contributed by atoms with Crippen molar-refractivity contribution < 1.29 is 9.53 Å². The van der Waals surface area contributed by atoms with E-state index in [0.717, 1.165) is 19.5 Å². The van der Waals surface area contributed by atoms with Crippen molar-refractivity contribution in [3.63, 3.8) is 0 Å². The van der Waals surface area contributed by atoms with Crippen molar-refractivity contribution in [1.82, 2.24) is 4.90 Å². The largest absolute Gasteiger partial charge is 0.468 e. The number of likely N-dealkylation sites (tertiary alicyclic amines) is 1. The molecule has 0 N–H and O–H groups in total. The Balaban J connectivity index is 2.44. The van der Waals surface area contributed by atoms with Crippen LogP contribution in [0.25, 0.3) is 0 Å². The van der Waals surface area contributed by atoms with Crippen LogP contribution in [0.1, 0.15) is 20.3 Å². The predicted octanol–water partition coefficient (Wildman–Crippen LogP) is 1.38. The number of nitrogens with zero attached hydrogens (tertiary/aromatic N) is 1. The molecule has 0 spiro atoms. The Morgan fingerprint density at radius 1 is 1.64 bits per heavy atom. The second kappa shape index (κ2) is 4.53. The molecule has 1 fully saturated rings. The lowest BCUT2D eigenvalue weighted by Gasteiger charge is -2.42. The third-order valence-electron chi connectivity index (χ3n) is 2.74. The van der Waals surface area contributed by atoms with E-state index in [2.05, 4.69) is 25.0 Å². The summed E-state index contributed by atoms with van der Waals surface area (Å²) in [6.45, 7) is 6.37. The Hall–Kier alpha value is -0.220. The average molecular weight is 217 g/mol. The van der Waals surface area contributed by atoms with E-state index in [1.807, 2.05) is 11.8 Å². The van der Waals surface area contributed by atoms with Crippen LogP contribution in [0, 0.1) is 0 Å². The molecule has 14 heavy (non-hydrogen) atoms. The van der Waals surface area contributed by atoms with Crippen molar-refractivity contribution >= 4 is 17.7 Å². The van der Waals surface area contributed by atoms with E-state index in [1.165, 1.54) is 7.11 Å². The number of carbonyl (C=O) groups excluding carboxylic acids is 1. The van der Waals surface area contributed by atoms with Crippen LogP contribution in [0.5, 0.6) is 0 Å². The fourth-order valence-corrected chi connectivity index (χ4v) is 1.88. The van der Waals surface area contributed by atoms with E-state index in [1.54, 1.807) is 0 Å². The monoisotopic (exact) mass is 217 g/mol. The molecule has 0 aliphatic carbocycles. The summed E-state index contributed by atoms with van der Waals surface area (Å²) in [5, 5.41) is 0. The molecule has 82 valence electrons. The first kappa shape index (κ1) is 11.9. The van der Waals surface area contributed by atoms with Crippen LogP contribution in [0.3, 0.4) is 0 Å². The zero-order valence-electron chi connectivity index (χ0n) is 9.37. The standard InChI is InChI=1S/C10H19NO2S/c1-10(2,14-4)7-11-6-5-8(11)9(12)13-3/h8H,5-7H2,1-4H3. The van der Waals surface area contributed by atoms with Gasteiger partial charge >= 0.3 is 5.97 Å². The zero-order valence-corrected chi connectivity index (χ0v) is 10.2. The highest BCUT2D eigenvalue weighted by atomic mass is 32.2. The van der Waals surface area contributed by atoms with Crippen molar-refractivity contribution in [2.45, 2.75) is 31.1 Å². The molecule has 1 atom stereocenters. The van der Waals surface area contributed by atoms with Crippen LogP contribution in [0.15, 0.2) is 0 Å². The van der Waals surface area contributed by atoms with Crippen molar-refractivity contribution in [2.24, 2.45) is 0 Å². The molecule has 0 amide bonds. The third kappa shape index (κ3) is 2.64. The number of hydrogen-bond donors (Lipinski definition) is 0. The minimum absolute atomic E-state index is 0.00595. The lowest BCUT2D eigenvalue weighted by molar-refractivity contribution is -0.152. The number of carbonyl (C=O) groups is 1. The fraction of sp³-hybridized carbons (Fsp3) is 0.900. The topological polar surface area (TPSA) is 29.5 Å². The molecule has 3 nitrogen and oxygen atoms in total. The Kier molecular flexibility index (Phi) is 3.84. The van der Waals surface area contributed by atoms with Crippen molar-refractivity contribution in [3.8, 4) is 0 Å². The molecule has 0 aromatic rings. The van der Waals surface area contributed by atoms with Gasteiger partial charge in [0.2, 0.25) is 0 Å². The summed E-state index contributed by atoms with van der Waals surface area (Å²) >= 11 is 1.83. The SMILES string of the molecule is COC(=O)C1CCN1CC(C)(C)SC. The molecule has 0 aromatic heterocycles. The first-order valence-corrected chi connectivity index (χ1v) is 6.09. The summed E-state index contributed by atoms with van der Waals surface area (Å²) in [7, 11) is 1.46. The van der Waals surface area contributed by atoms with Crippen LogP contribution in [0.4, 0.5) is 0 Å². The molecular formula is C10H19NO2S. The highest BCUT2D eigenvalue weighted by Gasteiger charge is 2.37. The first-order valence-electron chi connectivity index (χ1n) is 4.87. The van der Waals surface area contributed by atoms with Gasteiger partial charge in [-0.2, -0.15) is 11.8 Å². The van der Waals surface area contributed by atoms with Gasteiger partial charge in [-0.25, -0.2) is 0 Å². The van der Waals surface area contributed by atoms with Crippen molar-refractivity contribution in [1.29, 1.82) is 0 Å². The van der Waals surface area contributed by atoms with Crippen molar-refractivity contribution in [3.05, 3.63) is 0 Å². The summed E-state index contributed by atoms with van der Waals surface area (Å²) in [6.07, 6.45) is 3.05. The number of methoxy groups -OCH3 is 1. The van der Waals surface area contributed by atoms with Gasteiger partial charge in [-0.15, -0.1) is 0 Å². The Morgan fingerprint density at radius 2 is 2.29 bits per heavy atom. The molecule has 4 heteroatoms. The smallest absolute Gasteiger partial charge is 0.323 e. The van der Waals surface area contributed by atoms with Gasteiger partial charge in [0.05, 0.1) is 7.11 Å². The van der Waals surface area contributed by atoms with Gasteiger partial charge in [0.25, 0.3) is 0 Å². The second-order valence-electron chi connectivity index (χ2n) is 4.26. The molecule has 0 radical (unpaired) electrons. The van der Waals surface area contributed by atoms with Gasteiger partial charge in [0.15, 0.2) is 0 Å². The maximum absolute atomic E-state index is 11.3. The number of ether oxygens (including phenoxy) is 1. The van der Waals surface area contributed by atoms with E-state index in [0.29, 0.717) is 0 Å².